The topological polar surface area (TPSA) is 94.5 Å². The first kappa shape index (κ1) is 24.4. The van der Waals surface area contributed by atoms with Crippen LogP contribution in [0.2, 0.25) is 5.02 Å². The standard InChI is InChI=1S/C23H20BrClN4O4S/c1-4-17(30)29-16-9-7-6-8-13(16)19-21(26-23(34-3)28-27-19)33-22(29)14-10-12(25)11-15(24)20(14)32-18(31)5-2/h6-11,22H,4-5H2,1-3H3/t22-/m0/s1. The van der Waals surface area contributed by atoms with Crippen molar-refractivity contribution in [2.24, 2.45) is 0 Å². The van der Waals surface area contributed by atoms with Gasteiger partial charge in [-0.15, -0.1) is 10.2 Å². The van der Waals surface area contributed by atoms with Crippen LogP contribution in [0.25, 0.3) is 11.3 Å². The Morgan fingerprint density at radius 1 is 1.21 bits per heavy atom. The molecule has 0 aliphatic carbocycles. The number of hydrogen-bond acceptors (Lipinski definition) is 8. The number of carbonyl (C=O) groups is 2. The number of amides is 1. The van der Waals surface area contributed by atoms with Gasteiger partial charge in [0.05, 0.1) is 15.7 Å². The van der Waals surface area contributed by atoms with E-state index in [0.29, 0.717) is 37.2 Å². The maximum absolute atomic E-state index is 13.3. The lowest BCUT2D eigenvalue weighted by Crippen LogP contribution is -2.37. The van der Waals surface area contributed by atoms with Crippen LogP contribution in [0.4, 0.5) is 5.69 Å². The monoisotopic (exact) mass is 562 g/mol. The zero-order chi connectivity index (χ0) is 24.4. The van der Waals surface area contributed by atoms with Crippen molar-refractivity contribution in [1.82, 2.24) is 15.2 Å². The van der Waals surface area contributed by atoms with Gasteiger partial charge in [-0.05, 0) is 40.4 Å². The van der Waals surface area contributed by atoms with Crippen LogP contribution < -0.4 is 14.4 Å². The van der Waals surface area contributed by atoms with Gasteiger partial charge in [0.15, 0.2) is 11.4 Å². The minimum absolute atomic E-state index is 0.164. The molecule has 1 atom stereocenters. The van der Waals surface area contributed by atoms with Gasteiger partial charge in [-0.25, -0.2) is 0 Å². The summed E-state index contributed by atoms with van der Waals surface area (Å²) in [5.41, 5.74) is 1.99. The molecular formula is C23H20BrClN4O4S. The average Bonchev–Trinajstić information content (AvgIpc) is 2.99. The molecule has 0 radical (unpaired) electrons. The Labute approximate surface area is 214 Å². The Morgan fingerprint density at radius 2 is 1.97 bits per heavy atom. The van der Waals surface area contributed by atoms with Gasteiger partial charge in [-0.3, -0.25) is 14.5 Å². The number of thioether (sulfide) groups is 1. The van der Waals surface area contributed by atoms with Crippen LogP contribution in [-0.2, 0) is 9.59 Å². The number of aromatic nitrogens is 3. The molecule has 0 unspecified atom stereocenters. The summed E-state index contributed by atoms with van der Waals surface area (Å²) in [5.74, 6) is -0.247. The highest BCUT2D eigenvalue weighted by Crippen LogP contribution is 2.47. The Kier molecular flexibility index (Phi) is 7.39. The molecular weight excluding hydrogens is 544 g/mol. The molecule has 1 aliphatic heterocycles. The molecule has 4 rings (SSSR count). The largest absolute Gasteiger partial charge is 0.447 e. The molecule has 176 valence electrons. The molecule has 0 fully saturated rings. The second kappa shape index (κ2) is 10.3. The highest BCUT2D eigenvalue weighted by Gasteiger charge is 2.37. The molecule has 0 saturated carbocycles. The van der Waals surface area contributed by atoms with Gasteiger partial charge < -0.3 is 9.47 Å². The summed E-state index contributed by atoms with van der Waals surface area (Å²) >= 11 is 11.1. The van der Waals surface area contributed by atoms with Crippen molar-refractivity contribution < 1.29 is 19.1 Å². The number of halogens is 2. The highest BCUT2D eigenvalue weighted by atomic mass is 79.9. The SMILES string of the molecule is CCC(=O)Oc1c(Br)cc(Cl)cc1[C@@H]1Oc2nc(SC)nnc2-c2ccccc2N1C(=O)CC. The summed E-state index contributed by atoms with van der Waals surface area (Å²) in [6.07, 6.45) is 1.15. The molecule has 0 N–H and O–H groups in total. The lowest BCUT2D eigenvalue weighted by Gasteiger charge is -2.31. The fraction of sp³-hybridized carbons (Fsp3) is 0.261. The number of carbonyl (C=O) groups excluding carboxylic acids is 2. The minimum atomic E-state index is -1.05. The molecule has 11 heteroatoms. The maximum Gasteiger partial charge on any atom is 0.310 e. The van der Waals surface area contributed by atoms with Gasteiger partial charge in [0.1, 0.15) is 0 Å². The summed E-state index contributed by atoms with van der Waals surface area (Å²) in [4.78, 5) is 31.6. The third-order valence-corrected chi connectivity index (χ3v) is 6.42. The molecule has 8 nitrogen and oxygen atoms in total. The molecule has 1 amide bonds. The van der Waals surface area contributed by atoms with Crippen LogP contribution >= 0.6 is 39.3 Å². The number of benzene rings is 2. The molecule has 34 heavy (non-hydrogen) atoms. The Balaban J connectivity index is 2.02. The van der Waals surface area contributed by atoms with Crippen molar-refractivity contribution in [2.45, 2.75) is 38.1 Å². The third-order valence-electron chi connectivity index (χ3n) is 5.07. The Hall–Kier alpha value is -2.69. The number of hydrogen-bond donors (Lipinski definition) is 0. The number of rotatable bonds is 5. The normalized spacial score (nSPS) is 14.5. The molecule has 2 heterocycles. The van der Waals surface area contributed by atoms with E-state index in [9.17, 15) is 9.59 Å². The summed E-state index contributed by atoms with van der Waals surface area (Å²) in [7, 11) is 0. The van der Waals surface area contributed by atoms with Crippen molar-refractivity contribution in [2.75, 3.05) is 11.2 Å². The first-order valence-corrected chi connectivity index (χ1v) is 12.8. The number of para-hydroxylation sites is 1. The maximum atomic E-state index is 13.3. The number of fused-ring (bicyclic) bond motifs is 3. The number of ether oxygens (including phenoxy) is 2. The number of nitrogens with zero attached hydrogens (tertiary/aromatic N) is 4. The molecule has 2 aromatic carbocycles. The molecule has 0 bridgehead atoms. The second-order valence-corrected chi connectivity index (χ2v) is 9.25. The fourth-order valence-electron chi connectivity index (χ4n) is 3.50. The minimum Gasteiger partial charge on any atom is -0.447 e. The zero-order valence-electron chi connectivity index (χ0n) is 18.5. The Morgan fingerprint density at radius 3 is 2.68 bits per heavy atom. The predicted molar refractivity (Wildman–Crippen MR) is 133 cm³/mol. The van der Waals surface area contributed by atoms with Crippen molar-refractivity contribution in [3.05, 3.63) is 51.5 Å². The predicted octanol–water partition coefficient (Wildman–Crippen LogP) is 5.83. The van der Waals surface area contributed by atoms with Crippen molar-refractivity contribution in [1.29, 1.82) is 0 Å². The molecule has 0 spiro atoms. The van der Waals surface area contributed by atoms with Gasteiger partial charge in [0, 0.05) is 23.4 Å². The van der Waals surface area contributed by atoms with E-state index >= 15 is 0 Å². The second-order valence-electron chi connectivity index (χ2n) is 7.19. The first-order valence-electron chi connectivity index (χ1n) is 10.4. The van der Waals surface area contributed by atoms with E-state index in [1.807, 2.05) is 24.5 Å². The average molecular weight is 564 g/mol. The van der Waals surface area contributed by atoms with Crippen LogP contribution in [0.15, 0.2) is 46.0 Å². The zero-order valence-corrected chi connectivity index (χ0v) is 21.7. The van der Waals surface area contributed by atoms with E-state index in [-0.39, 0.29) is 30.4 Å². The van der Waals surface area contributed by atoms with E-state index in [0.717, 1.165) is 0 Å². The quantitative estimate of drug-likeness (QED) is 0.218. The molecule has 1 aliphatic rings. The van der Waals surface area contributed by atoms with Crippen molar-refractivity contribution in [3.8, 4) is 22.9 Å². The van der Waals surface area contributed by atoms with Gasteiger partial charge in [0.25, 0.3) is 0 Å². The summed E-state index contributed by atoms with van der Waals surface area (Å²) < 4.78 is 12.5. The molecule has 0 saturated heterocycles. The molecule has 1 aromatic heterocycles. The van der Waals surface area contributed by atoms with E-state index in [1.54, 1.807) is 32.0 Å². The van der Waals surface area contributed by atoms with E-state index in [1.165, 1.54) is 16.7 Å². The van der Waals surface area contributed by atoms with Crippen molar-refractivity contribution >= 4 is 56.9 Å². The van der Waals surface area contributed by atoms with Crippen LogP contribution in [0, 0.1) is 0 Å². The summed E-state index contributed by atoms with van der Waals surface area (Å²) in [5, 5.41) is 9.28. The lowest BCUT2D eigenvalue weighted by molar-refractivity contribution is -0.134. The van der Waals surface area contributed by atoms with E-state index < -0.39 is 12.2 Å². The fourth-order valence-corrected chi connectivity index (χ4v) is 4.71. The van der Waals surface area contributed by atoms with E-state index in [2.05, 4.69) is 31.1 Å². The van der Waals surface area contributed by atoms with Crippen LogP contribution in [-0.4, -0.2) is 33.3 Å². The van der Waals surface area contributed by atoms with Gasteiger partial charge >= 0.3 is 5.97 Å². The number of anilines is 1. The summed E-state index contributed by atoms with van der Waals surface area (Å²) in [6, 6.07) is 10.5. The Bertz CT molecular complexity index is 1280. The van der Waals surface area contributed by atoms with Crippen LogP contribution in [0.3, 0.4) is 0 Å². The van der Waals surface area contributed by atoms with E-state index in [4.69, 9.17) is 21.1 Å². The smallest absolute Gasteiger partial charge is 0.310 e. The van der Waals surface area contributed by atoms with Crippen LogP contribution in [0.1, 0.15) is 38.5 Å². The number of esters is 1. The van der Waals surface area contributed by atoms with Gasteiger partial charge in [-0.2, -0.15) is 4.98 Å². The first-order chi connectivity index (χ1) is 16.4. The van der Waals surface area contributed by atoms with Gasteiger partial charge in [0.2, 0.25) is 23.2 Å². The van der Waals surface area contributed by atoms with Gasteiger partial charge in [-0.1, -0.05) is 55.4 Å². The lowest BCUT2D eigenvalue weighted by atomic mass is 10.1. The summed E-state index contributed by atoms with van der Waals surface area (Å²) in [6.45, 7) is 3.45. The third kappa shape index (κ3) is 4.62. The van der Waals surface area contributed by atoms with Crippen LogP contribution in [0.5, 0.6) is 11.6 Å². The highest BCUT2D eigenvalue weighted by molar-refractivity contribution is 9.10. The van der Waals surface area contributed by atoms with Crippen molar-refractivity contribution in [3.63, 3.8) is 0 Å². The molecule has 3 aromatic rings.